The molecule has 1 amide bonds. The summed E-state index contributed by atoms with van der Waals surface area (Å²) in [7, 11) is 1.39. The van der Waals surface area contributed by atoms with Gasteiger partial charge in [-0.15, -0.1) is 0 Å². The first-order chi connectivity index (χ1) is 9.12. The molecular formula is C12H11ClN2O4. The molecule has 0 atom stereocenters. The molecule has 0 saturated heterocycles. The van der Waals surface area contributed by atoms with Gasteiger partial charge in [0.2, 0.25) is 0 Å². The maximum absolute atomic E-state index is 11.3. The van der Waals surface area contributed by atoms with E-state index in [4.69, 9.17) is 26.3 Å². The number of amides is 1. The first-order valence-electron chi connectivity index (χ1n) is 5.21. The normalized spacial score (nSPS) is 9.32. The fourth-order valence-electron chi connectivity index (χ4n) is 1.31. The van der Waals surface area contributed by atoms with Crippen LogP contribution in [-0.2, 0) is 4.79 Å². The second-order valence-corrected chi connectivity index (χ2v) is 3.80. The van der Waals surface area contributed by atoms with Gasteiger partial charge in [0.05, 0.1) is 18.7 Å². The SMILES string of the molecule is COc1cc(Cl)cc(C=O)c1OCC(=O)NCC#N. The minimum absolute atomic E-state index is 0.111. The lowest BCUT2D eigenvalue weighted by Crippen LogP contribution is -2.29. The van der Waals surface area contributed by atoms with Gasteiger partial charge >= 0.3 is 0 Å². The summed E-state index contributed by atoms with van der Waals surface area (Å²) in [4.78, 5) is 22.2. The molecule has 1 aromatic rings. The van der Waals surface area contributed by atoms with Crippen LogP contribution in [0.4, 0.5) is 0 Å². The van der Waals surface area contributed by atoms with Crippen molar-refractivity contribution in [3.63, 3.8) is 0 Å². The number of benzene rings is 1. The third-order valence-electron chi connectivity index (χ3n) is 2.11. The molecule has 6 nitrogen and oxygen atoms in total. The van der Waals surface area contributed by atoms with E-state index < -0.39 is 5.91 Å². The van der Waals surface area contributed by atoms with E-state index in [1.807, 2.05) is 0 Å². The largest absolute Gasteiger partial charge is 0.493 e. The van der Waals surface area contributed by atoms with Crippen LogP contribution >= 0.6 is 11.6 Å². The Morgan fingerprint density at radius 3 is 2.89 bits per heavy atom. The predicted octanol–water partition coefficient (Wildman–Crippen LogP) is 1.18. The van der Waals surface area contributed by atoms with Gasteiger partial charge in [0.1, 0.15) is 6.54 Å². The Bertz CT molecular complexity index is 525. The second-order valence-electron chi connectivity index (χ2n) is 3.37. The third kappa shape index (κ3) is 4.16. The van der Waals surface area contributed by atoms with Crippen molar-refractivity contribution in [1.82, 2.24) is 5.32 Å². The number of carbonyl (C=O) groups excluding carboxylic acids is 2. The van der Waals surface area contributed by atoms with Gasteiger partial charge in [0, 0.05) is 11.1 Å². The number of aldehydes is 1. The summed E-state index contributed by atoms with van der Waals surface area (Å²) in [6.07, 6.45) is 0.552. The van der Waals surface area contributed by atoms with Crippen LogP contribution in [0.5, 0.6) is 11.5 Å². The van der Waals surface area contributed by atoms with Gasteiger partial charge in [-0.2, -0.15) is 5.26 Å². The highest BCUT2D eigenvalue weighted by atomic mass is 35.5. The lowest BCUT2D eigenvalue weighted by molar-refractivity contribution is -0.122. The summed E-state index contributed by atoms with van der Waals surface area (Å²) >= 11 is 5.80. The fourth-order valence-corrected chi connectivity index (χ4v) is 1.53. The zero-order chi connectivity index (χ0) is 14.3. The summed E-state index contributed by atoms with van der Waals surface area (Å²) < 4.78 is 10.3. The Labute approximate surface area is 114 Å². The third-order valence-corrected chi connectivity index (χ3v) is 2.33. The topological polar surface area (TPSA) is 88.4 Å². The molecule has 0 aliphatic rings. The van der Waals surface area contributed by atoms with Crippen LogP contribution in [0.15, 0.2) is 12.1 Å². The van der Waals surface area contributed by atoms with Gasteiger partial charge in [-0.3, -0.25) is 9.59 Å². The number of halogens is 1. The number of hydrogen-bond donors (Lipinski definition) is 1. The lowest BCUT2D eigenvalue weighted by Gasteiger charge is -2.12. The van der Waals surface area contributed by atoms with Crippen molar-refractivity contribution < 1.29 is 19.1 Å². The van der Waals surface area contributed by atoms with Gasteiger partial charge in [0.25, 0.3) is 5.91 Å². The zero-order valence-corrected chi connectivity index (χ0v) is 10.9. The summed E-state index contributed by atoms with van der Waals surface area (Å²) in [5.41, 5.74) is 0.178. The van der Waals surface area contributed by atoms with Crippen molar-refractivity contribution in [3.8, 4) is 17.6 Å². The Kier molecular flexibility index (Phi) is 5.64. The number of methoxy groups -OCH3 is 1. The van der Waals surface area contributed by atoms with Crippen molar-refractivity contribution >= 4 is 23.8 Å². The van der Waals surface area contributed by atoms with E-state index in [1.165, 1.54) is 19.2 Å². The first kappa shape index (κ1) is 14.8. The quantitative estimate of drug-likeness (QED) is 0.625. The molecule has 0 radical (unpaired) electrons. The Hall–Kier alpha value is -2.26. The van der Waals surface area contributed by atoms with Crippen LogP contribution in [0.3, 0.4) is 0 Å². The maximum Gasteiger partial charge on any atom is 0.258 e. The average Bonchev–Trinajstić information content (AvgIpc) is 2.42. The molecule has 0 aliphatic heterocycles. The number of rotatable bonds is 6. The number of carbonyl (C=O) groups is 2. The Balaban J connectivity index is 2.85. The number of nitrogens with one attached hydrogen (secondary N) is 1. The van der Waals surface area contributed by atoms with Gasteiger partial charge < -0.3 is 14.8 Å². The molecule has 1 aromatic carbocycles. The highest BCUT2D eigenvalue weighted by Crippen LogP contribution is 2.33. The summed E-state index contributed by atoms with van der Waals surface area (Å²) in [6.45, 7) is -0.443. The second kappa shape index (κ2) is 7.24. The van der Waals surface area contributed by atoms with E-state index in [-0.39, 0.29) is 30.2 Å². The van der Waals surface area contributed by atoms with Crippen molar-refractivity contribution in [2.24, 2.45) is 0 Å². The van der Waals surface area contributed by atoms with E-state index in [2.05, 4.69) is 5.32 Å². The summed E-state index contributed by atoms with van der Waals surface area (Å²) in [5, 5.41) is 10.9. The molecule has 0 spiro atoms. The molecule has 100 valence electrons. The number of nitrogens with zero attached hydrogens (tertiary/aromatic N) is 1. The standard InChI is InChI=1S/C12H11ClN2O4/c1-18-10-5-9(13)4-8(6-16)12(10)19-7-11(17)15-3-2-14/h4-6H,3,7H2,1H3,(H,15,17). The Morgan fingerprint density at radius 2 is 2.32 bits per heavy atom. The smallest absolute Gasteiger partial charge is 0.258 e. The first-order valence-corrected chi connectivity index (χ1v) is 5.59. The van der Waals surface area contributed by atoms with Crippen LogP contribution in [0.1, 0.15) is 10.4 Å². The van der Waals surface area contributed by atoms with Crippen LogP contribution < -0.4 is 14.8 Å². The summed E-state index contributed by atoms with van der Waals surface area (Å²) in [6, 6.07) is 4.64. The molecule has 7 heteroatoms. The van der Waals surface area contributed by atoms with E-state index >= 15 is 0 Å². The molecule has 0 aliphatic carbocycles. The molecule has 0 heterocycles. The molecule has 0 unspecified atom stereocenters. The molecule has 1 N–H and O–H groups in total. The highest BCUT2D eigenvalue weighted by molar-refractivity contribution is 6.31. The van der Waals surface area contributed by atoms with E-state index in [0.29, 0.717) is 11.3 Å². The van der Waals surface area contributed by atoms with Gasteiger partial charge in [-0.1, -0.05) is 11.6 Å². The van der Waals surface area contributed by atoms with E-state index in [9.17, 15) is 9.59 Å². The van der Waals surface area contributed by atoms with Crippen molar-refractivity contribution in [2.75, 3.05) is 20.3 Å². The predicted molar refractivity (Wildman–Crippen MR) is 67.5 cm³/mol. The van der Waals surface area contributed by atoms with Crippen LogP contribution in [-0.4, -0.2) is 32.5 Å². The van der Waals surface area contributed by atoms with Crippen LogP contribution in [0, 0.1) is 11.3 Å². The zero-order valence-electron chi connectivity index (χ0n) is 10.1. The molecular weight excluding hydrogens is 272 g/mol. The van der Waals surface area contributed by atoms with Gasteiger partial charge in [-0.05, 0) is 6.07 Å². The van der Waals surface area contributed by atoms with Gasteiger partial charge in [-0.25, -0.2) is 0 Å². The minimum Gasteiger partial charge on any atom is -0.493 e. The van der Waals surface area contributed by atoms with Crippen LogP contribution in [0.2, 0.25) is 5.02 Å². The molecule has 1 rings (SSSR count). The molecule has 19 heavy (non-hydrogen) atoms. The minimum atomic E-state index is -0.476. The average molecular weight is 283 g/mol. The number of ether oxygens (including phenoxy) is 2. The molecule has 0 bridgehead atoms. The highest BCUT2D eigenvalue weighted by Gasteiger charge is 2.14. The van der Waals surface area contributed by atoms with Crippen molar-refractivity contribution in [3.05, 3.63) is 22.7 Å². The summed E-state index contributed by atoms with van der Waals surface area (Å²) in [5.74, 6) is -0.0907. The van der Waals surface area contributed by atoms with E-state index in [0.717, 1.165) is 0 Å². The Morgan fingerprint density at radius 1 is 1.58 bits per heavy atom. The van der Waals surface area contributed by atoms with Crippen LogP contribution in [0.25, 0.3) is 0 Å². The van der Waals surface area contributed by atoms with Crippen molar-refractivity contribution in [1.29, 1.82) is 5.26 Å². The molecule has 0 aromatic heterocycles. The molecule has 0 saturated carbocycles. The molecule has 0 fully saturated rings. The maximum atomic E-state index is 11.3. The van der Waals surface area contributed by atoms with E-state index in [1.54, 1.807) is 6.07 Å². The van der Waals surface area contributed by atoms with Crippen molar-refractivity contribution in [2.45, 2.75) is 0 Å². The van der Waals surface area contributed by atoms with Gasteiger partial charge in [0.15, 0.2) is 24.4 Å². The number of hydrogen-bond acceptors (Lipinski definition) is 5. The lowest BCUT2D eigenvalue weighted by atomic mass is 10.2. The monoisotopic (exact) mass is 282 g/mol. The fraction of sp³-hybridized carbons (Fsp3) is 0.250. The number of nitriles is 1.